The Morgan fingerprint density at radius 2 is 2.00 bits per heavy atom. The highest BCUT2D eigenvalue weighted by Crippen LogP contribution is 2.26. The molecule has 1 aliphatic heterocycles. The number of hydrogen-bond donors (Lipinski definition) is 2. The maximum atomic E-state index is 12.5. The van der Waals surface area contributed by atoms with Gasteiger partial charge in [0.15, 0.2) is 0 Å². The number of aromatic nitrogens is 1. The van der Waals surface area contributed by atoms with Crippen LogP contribution in [-0.4, -0.2) is 19.9 Å². The summed E-state index contributed by atoms with van der Waals surface area (Å²) >= 11 is 0. The molecule has 0 amide bonds. The van der Waals surface area contributed by atoms with E-state index in [1.807, 2.05) is 13.0 Å². The quantitative estimate of drug-likeness (QED) is 0.914. The molecular formula is C15H17N3O2S. The summed E-state index contributed by atoms with van der Waals surface area (Å²) in [5.41, 5.74) is 4.09. The van der Waals surface area contributed by atoms with Crippen molar-refractivity contribution in [2.75, 3.05) is 16.6 Å². The summed E-state index contributed by atoms with van der Waals surface area (Å²) in [6, 6.07) is 8.72. The molecule has 0 saturated carbocycles. The van der Waals surface area contributed by atoms with E-state index in [9.17, 15) is 8.42 Å². The molecule has 0 fully saturated rings. The first kappa shape index (κ1) is 13.9. The summed E-state index contributed by atoms with van der Waals surface area (Å²) < 4.78 is 27.5. The van der Waals surface area contributed by atoms with Crippen LogP contribution < -0.4 is 10.0 Å². The fourth-order valence-electron chi connectivity index (χ4n) is 2.44. The SMILES string of the molecule is Cc1ccc(NS(=O)(=O)c2ccc3c(c2)NCC3)c(C)n1. The van der Waals surface area contributed by atoms with Crippen molar-refractivity contribution >= 4 is 21.4 Å². The van der Waals surface area contributed by atoms with E-state index in [2.05, 4.69) is 15.0 Å². The third-order valence-corrected chi connectivity index (χ3v) is 4.93. The average molecular weight is 303 g/mol. The van der Waals surface area contributed by atoms with Gasteiger partial charge >= 0.3 is 0 Å². The molecule has 0 unspecified atom stereocenters. The van der Waals surface area contributed by atoms with Gasteiger partial charge in [-0.15, -0.1) is 0 Å². The van der Waals surface area contributed by atoms with Gasteiger partial charge in [-0.05, 0) is 50.1 Å². The Bertz CT molecular complexity index is 801. The number of nitrogens with zero attached hydrogens (tertiary/aromatic N) is 1. The first-order chi connectivity index (χ1) is 9.95. The van der Waals surface area contributed by atoms with Gasteiger partial charge in [-0.2, -0.15) is 0 Å². The minimum absolute atomic E-state index is 0.260. The molecule has 110 valence electrons. The van der Waals surface area contributed by atoms with Crippen LogP contribution in [0.25, 0.3) is 0 Å². The highest BCUT2D eigenvalue weighted by atomic mass is 32.2. The molecule has 2 aromatic rings. The molecule has 0 bridgehead atoms. The van der Waals surface area contributed by atoms with Crippen LogP contribution in [0.15, 0.2) is 35.2 Å². The minimum Gasteiger partial charge on any atom is -0.384 e. The highest BCUT2D eigenvalue weighted by Gasteiger charge is 2.19. The Morgan fingerprint density at radius 1 is 1.19 bits per heavy atom. The lowest BCUT2D eigenvalue weighted by molar-refractivity contribution is 0.601. The Labute approximate surface area is 124 Å². The lowest BCUT2D eigenvalue weighted by Crippen LogP contribution is -2.14. The number of nitrogens with one attached hydrogen (secondary N) is 2. The van der Waals surface area contributed by atoms with Crippen molar-refractivity contribution in [3.8, 4) is 0 Å². The molecule has 0 aliphatic carbocycles. The van der Waals surface area contributed by atoms with E-state index >= 15 is 0 Å². The normalized spacial score (nSPS) is 13.6. The second-order valence-electron chi connectivity index (χ2n) is 5.19. The summed E-state index contributed by atoms with van der Waals surface area (Å²) in [4.78, 5) is 4.53. The van der Waals surface area contributed by atoms with Crippen molar-refractivity contribution < 1.29 is 8.42 Å². The molecule has 1 aliphatic rings. The summed E-state index contributed by atoms with van der Waals surface area (Å²) in [5.74, 6) is 0. The van der Waals surface area contributed by atoms with E-state index in [0.717, 1.165) is 29.9 Å². The molecule has 0 saturated heterocycles. The smallest absolute Gasteiger partial charge is 0.262 e. The van der Waals surface area contributed by atoms with Gasteiger partial charge in [-0.25, -0.2) is 8.42 Å². The third kappa shape index (κ3) is 2.71. The second-order valence-corrected chi connectivity index (χ2v) is 6.87. The van der Waals surface area contributed by atoms with E-state index in [-0.39, 0.29) is 4.90 Å². The van der Waals surface area contributed by atoms with Crippen LogP contribution in [0.2, 0.25) is 0 Å². The standard InChI is InChI=1S/C15H17N3O2S/c1-10-3-6-14(11(2)17-10)18-21(19,20)13-5-4-12-7-8-16-15(12)9-13/h3-6,9,16,18H,7-8H2,1-2H3. The topological polar surface area (TPSA) is 71.1 Å². The minimum atomic E-state index is -3.60. The van der Waals surface area contributed by atoms with Gasteiger partial charge < -0.3 is 5.32 Å². The number of anilines is 2. The molecule has 0 atom stereocenters. The van der Waals surface area contributed by atoms with Gasteiger partial charge in [-0.3, -0.25) is 9.71 Å². The van der Waals surface area contributed by atoms with Crippen molar-refractivity contribution in [3.05, 3.63) is 47.3 Å². The molecule has 1 aromatic carbocycles. The van der Waals surface area contributed by atoms with Gasteiger partial charge in [0.25, 0.3) is 10.0 Å². The van der Waals surface area contributed by atoms with E-state index in [0.29, 0.717) is 11.4 Å². The summed E-state index contributed by atoms with van der Waals surface area (Å²) in [5, 5.41) is 3.19. The van der Waals surface area contributed by atoms with Crippen LogP contribution >= 0.6 is 0 Å². The van der Waals surface area contributed by atoms with Crippen LogP contribution in [0.4, 0.5) is 11.4 Å². The highest BCUT2D eigenvalue weighted by molar-refractivity contribution is 7.92. The Kier molecular flexibility index (Phi) is 3.33. The molecule has 6 heteroatoms. The van der Waals surface area contributed by atoms with Crippen LogP contribution in [-0.2, 0) is 16.4 Å². The molecular weight excluding hydrogens is 286 g/mol. The maximum absolute atomic E-state index is 12.5. The second kappa shape index (κ2) is 5.04. The van der Waals surface area contributed by atoms with Crippen molar-refractivity contribution in [2.24, 2.45) is 0 Å². The molecule has 1 aromatic heterocycles. The molecule has 0 spiro atoms. The maximum Gasteiger partial charge on any atom is 0.262 e. The largest absolute Gasteiger partial charge is 0.384 e. The van der Waals surface area contributed by atoms with Gasteiger partial charge in [0.05, 0.1) is 16.3 Å². The molecule has 2 heterocycles. The monoisotopic (exact) mass is 303 g/mol. The number of fused-ring (bicyclic) bond motifs is 1. The third-order valence-electron chi connectivity index (χ3n) is 3.57. The average Bonchev–Trinajstić information content (AvgIpc) is 2.89. The number of benzene rings is 1. The lowest BCUT2D eigenvalue weighted by atomic mass is 10.2. The Hall–Kier alpha value is -2.08. The van der Waals surface area contributed by atoms with Crippen LogP contribution in [0.1, 0.15) is 17.0 Å². The number of pyridine rings is 1. The predicted molar refractivity (Wildman–Crippen MR) is 83.2 cm³/mol. The molecule has 0 radical (unpaired) electrons. The van der Waals surface area contributed by atoms with E-state index in [4.69, 9.17) is 0 Å². The molecule has 3 rings (SSSR count). The van der Waals surface area contributed by atoms with Crippen molar-refractivity contribution in [3.63, 3.8) is 0 Å². The van der Waals surface area contributed by atoms with Gasteiger partial charge in [0, 0.05) is 17.9 Å². The van der Waals surface area contributed by atoms with Gasteiger partial charge in [0.1, 0.15) is 0 Å². The first-order valence-corrected chi connectivity index (χ1v) is 8.28. The molecule has 5 nitrogen and oxygen atoms in total. The lowest BCUT2D eigenvalue weighted by Gasteiger charge is -2.11. The fourth-order valence-corrected chi connectivity index (χ4v) is 3.58. The van der Waals surface area contributed by atoms with E-state index in [1.165, 1.54) is 0 Å². The summed E-state index contributed by atoms with van der Waals surface area (Å²) in [6.45, 7) is 4.51. The van der Waals surface area contributed by atoms with E-state index in [1.54, 1.807) is 31.2 Å². The number of sulfonamides is 1. The summed E-state index contributed by atoms with van der Waals surface area (Å²) in [7, 11) is -3.60. The zero-order chi connectivity index (χ0) is 15.0. The predicted octanol–water partition coefficient (Wildman–Crippen LogP) is 2.47. The van der Waals surface area contributed by atoms with Gasteiger partial charge in [-0.1, -0.05) is 6.07 Å². The fraction of sp³-hybridized carbons (Fsp3) is 0.267. The number of aryl methyl sites for hydroxylation is 2. The summed E-state index contributed by atoms with van der Waals surface area (Å²) in [6.07, 6.45) is 0.935. The van der Waals surface area contributed by atoms with Crippen molar-refractivity contribution in [1.29, 1.82) is 0 Å². The zero-order valence-corrected chi connectivity index (χ0v) is 12.8. The van der Waals surface area contributed by atoms with E-state index < -0.39 is 10.0 Å². The van der Waals surface area contributed by atoms with Gasteiger partial charge in [0.2, 0.25) is 0 Å². The van der Waals surface area contributed by atoms with Crippen molar-refractivity contribution in [2.45, 2.75) is 25.2 Å². The Morgan fingerprint density at radius 3 is 2.76 bits per heavy atom. The molecule has 21 heavy (non-hydrogen) atoms. The Balaban J connectivity index is 1.93. The zero-order valence-electron chi connectivity index (χ0n) is 12.0. The van der Waals surface area contributed by atoms with Crippen LogP contribution in [0.3, 0.4) is 0 Å². The number of rotatable bonds is 3. The number of hydrogen-bond acceptors (Lipinski definition) is 4. The van der Waals surface area contributed by atoms with Crippen LogP contribution in [0.5, 0.6) is 0 Å². The molecule has 2 N–H and O–H groups in total. The first-order valence-electron chi connectivity index (χ1n) is 6.79. The van der Waals surface area contributed by atoms with Crippen LogP contribution in [0, 0.1) is 13.8 Å². The van der Waals surface area contributed by atoms with Crippen molar-refractivity contribution in [1.82, 2.24) is 4.98 Å².